The first-order valence-corrected chi connectivity index (χ1v) is 9.38. The van der Waals surface area contributed by atoms with Crippen molar-refractivity contribution in [2.24, 2.45) is 4.99 Å². The molecule has 3 rings (SSSR count). The number of hydrogen-bond acceptors (Lipinski definition) is 5. The van der Waals surface area contributed by atoms with Crippen LogP contribution in [0.3, 0.4) is 0 Å². The molecule has 0 saturated carbocycles. The molecule has 0 bridgehead atoms. The average Bonchev–Trinajstić information content (AvgIpc) is 2.80. The van der Waals surface area contributed by atoms with Gasteiger partial charge in [-0.3, -0.25) is 10.3 Å². The molecule has 0 fully saturated rings. The van der Waals surface area contributed by atoms with Crippen LogP contribution in [0.5, 0.6) is 5.75 Å². The molecule has 1 aliphatic heterocycles. The summed E-state index contributed by atoms with van der Waals surface area (Å²) in [7, 11) is 1.62. The number of carbonyl (C=O) groups is 1. The number of halogens is 1. The minimum absolute atomic E-state index is 0.426. The number of carbonyl (C=O) groups excluding carboxylic acids is 1. The molecule has 1 unspecified atom stereocenters. The van der Waals surface area contributed by atoms with Crippen molar-refractivity contribution in [2.45, 2.75) is 32.5 Å². The van der Waals surface area contributed by atoms with Gasteiger partial charge in [0.15, 0.2) is 0 Å². The van der Waals surface area contributed by atoms with E-state index in [0.717, 1.165) is 28.3 Å². The number of amides is 1. The van der Waals surface area contributed by atoms with Gasteiger partial charge in [0.1, 0.15) is 17.5 Å². The Morgan fingerprint density at radius 3 is 2.57 bits per heavy atom. The number of fused-ring (bicyclic) bond motifs is 1. The fraction of sp³-hybridized carbons (Fsp3) is 0.333. The van der Waals surface area contributed by atoms with Crippen LogP contribution in [0.15, 0.2) is 47.5 Å². The van der Waals surface area contributed by atoms with Crippen molar-refractivity contribution in [3.63, 3.8) is 0 Å². The quantitative estimate of drug-likeness (QED) is 0.796. The standard InChI is InChI=1S/C21H24ClN3O3/c1-21(2,3)28-20(26)25-18-12-23-17-10-9-15(27-4)11-16(17)19(24-18)13-5-7-14(22)8-6-13/h5-11,18,23H,12H2,1-4H3,(H,25,26). The maximum Gasteiger partial charge on any atom is 0.409 e. The van der Waals surface area contributed by atoms with Gasteiger partial charge in [-0.25, -0.2) is 4.79 Å². The molecule has 2 aromatic carbocycles. The van der Waals surface area contributed by atoms with Crippen LogP contribution in [0.25, 0.3) is 0 Å². The maximum atomic E-state index is 12.2. The van der Waals surface area contributed by atoms with Gasteiger partial charge in [-0.2, -0.15) is 0 Å². The predicted octanol–water partition coefficient (Wildman–Crippen LogP) is 4.46. The van der Waals surface area contributed by atoms with Gasteiger partial charge in [-0.1, -0.05) is 23.7 Å². The van der Waals surface area contributed by atoms with E-state index in [2.05, 4.69) is 10.6 Å². The summed E-state index contributed by atoms with van der Waals surface area (Å²) in [6.07, 6.45) is -1.01. The van der Waals surface area contributed by atoms with E-state index < -0.39 is 17.9 Å². The molecule has 28 heavy (non-hydrogen) atoms. The number of hydrogen-bond donors (Lipinski definition) is 2. The Balaban J connectivity index is 1.99. The fourth-order valence-electron chi connectivity index (χ4n) is 2.84. The Labute approximate surface area is 169 Å². The van der Waals surface area contributed by atoms with E-state index in [4.69, 9.17) is 26.1 Å². The highest BCUT2D eigenvalue weighted by Gasteiger charge is 2.23. The van der Waals surface area contributed by atoms with Gasteiger partial charge in [0.2, 0.25) is 0 Å². The van der Waals surface area contributed by atoms with Crippen LogP contribution in [0.2, 0.25) is 5.02 Å². The molecule has 0 saturated heterocycles. The van der Waals surface area contributed by atoms with Gasteiger partial charge in [-0.05, 0) is 51.1 Å². The highest BCUT2D eigenvalue weighted by atomic mass is 35.5. The summed E-state index contributed by atoms with van der Waals surface area (Å²) in [5, 5.41) is 6.80. The van der Waals surface area contributed by atoms with E-state index in [9.17, 15) is 4.79 Å². The third kappa shape index (κ3) is 4.95. The molecule has 1 heterocycles. The number of anilines is 1. The Kier molecular flexibility index (Phi) is 5.79. The van der Waals surface area contributed by atoms with Crippen LogP contribution >= 0.6 is 11.6 Å². The normalized spacial score (nSPS) is 16.2. The van der Waals surface area contributed by atoms with E-state index >= 15 is 0 Å². The number of benzene rings is 2. The van der Waals surface area contributed by atoms with Gasteiger partial charge in [0, 0.05) is 21.8 Å². The zero-order valence-corrected chi connectivity index (χ0v) is 17.1. The Bertz CT molecular complexity index is 889. The molecule has 0 aliphatic carbocycles. The summed E-state index contributed by atoms with van der Waals surface area (Å²) in [5.41, 5.74) is 2.83. The first kappa shape index (κ1) is 20.0. The summed E-state index contributed by atoms with van der Waals surface area (Å²) in [5.74, 6) is 0.723. The largest absolute Gasteiger partial charge is 0.497 e. The lowest BCUT2D eigenvalue weighted by Gasteiger charge is -2.22. The highest BCUT2D eigenvalue weighted by Crippen LogP contribution is 2.28. The number of methoxy groups -OCH3 is 1. The van der Waals surface area contributed by atoms with Crippen LogP contribution < -0.4 is 15.4 Å². The molecule has 0 spiro atoms. The van der Waals surface area contributed by atoms with E-state index in [1.807, 2.05) is 63.2 Å². The summed E-state index contributed by atoms with van der Waals surface area (Å²) < 4.78 is 10.7. The summed E-state index contributed by atoms with van der Waals surface area (Å²) >= 11 is 6.04. The molecular formula is C21H24ClN3O3. The molecule has 1 amide bonds. The van der Waals surface area contributed by atoms with Crippen molar-refractivity contribution < 1.29 is 14.3 Å². The molecule has 1 atom stereocenters. The lowest BCUT2D eigenvalue weighted by atomic mass is 10.0. The smallest absolute Gasteiger partial charge is 0.409 e. The molecule has 148 valence electrons. The van der Waals surface area contributed by atoms with E-state index in [1.165, 1.54) is 0 Å². The van der Waals surface area contributed by atoms with Crippen molar-refractivity contribution in [1.82, 2.24) is 5.32 Å². The number of aliphatic imine (C=N–C) groups is 1. The molecule has 1 aliphatic rings. The predicted molar refractivity (Wildman–Crippen MR) is 112 cm³/mol. The van der Waals surface area contributed by atoms with Crippen molar-refractivity contribution >= 4 is 29.1 Å². The Morgan fingerprint density at radius 1 is 1.21 bits per heavy atom. The second-order valence-electron chi connectivity index (χ2n) is 7.44. The van der Waals surface area contributed by atoms with Crippen molar-refractivity contribution in [1.29, 1.82) is 0 Å². The van der Waals surface area contributed by atoms with Crippen LogP contribution in [0.1, 0.15) is 31.9 Å². The van der Waals surface area contributed by atoms with Gasteiger partial charge in [-0.15, -0.1) is 0 Å². The summed E-state index contributed by atoms with van der Waals surface area (Å²) in [6, 6.07) is 13.2. The fourth-order valence-corrected chi connectivity index (χ4v) is 2.97. The van der Waals surface area contributed by atoms with Crippen LogP contribution in [-0.4, -0.2) is 37.2 Å². The highest BCUT2D eigenvalue weighted by molar-refractivity contribution is 6.30. The molecular weight excluding hydrogens is 378 g/mol. The average molecular weight is 402 g/mol. The van der Waals surface area contributed by atoms with Crippen molar-refractivity contribution in [2.75, 3.05) is 19.0 Å². The molecule has 0 aromatic heterocycles. The third-order valence-corrected chi connectivity index (χ3v) is 4.31. The zero-order chi connectivity index (χ0) is 20.3. The first-order valence-electron chi connectivity index (χ1n) is 9.01. The lowest BCUT2D eigenvalue weighted by molar-refractivity contribution is 0.0509. The minimum atomic E-state index is -0.582. The zero-order valence-electron chi connectivity index (χ0n) is 16.4. The summed E-state index contributed by atoms with van der Waals surface area (Å²) in [4.78, 5) is 17.0. The van der Waals surface area contributed by atoms with Gasteiger partial charge in [0.25, 0.3) is 0 Å². The SMILES string of the molecule is COc1ccc2c(c1)C(c1ccc(Cl)cc1)=NC(NC(=O)OC(C)(C)C)CN2. The lowest BCUT2D eigenvalue weighted by Crippen LogP contribution is -2.41. The molecule has 6 nitrogen and oxygen atoms in total. The Hall–Kier alpha value is -2.73. The summed E-state index contributed by atoms with van der Waals surface area (Å²) in [6.45, 7) is 5.89. The minimum Gasteiger partial charge on any atom is -0.497 e. The maximum absolute atomic E-state index is 12.2. The second kappa shape index (κ2) is 8.10. The van der Waals surface area contributed by atoms with E-state index in [1.54, 1.807) is 7.11 Å². The second-order valence-corrected chi connectivity index (χ2v) is 7.88. The first-order chi connectivity index (χ1) is 13.2. The number of alkyl carbamates (subject to hydrolysis) is 1. The number of nitrogens with one attached hydrogen (secondary N) is 2. The molecule has 2 aromatic rings. The number of ether oxygens (including phenoxy) is 2. The number of benzodiazepines with no additional fused rings is 1. The van der Waals surface area contributed by atoms with Crippen molar-refractivity contribution in [3.05, 3.63) is 58.6 Å². The van der Waals surface area contributed by atoms with Gasteiger partial charge < -0.3 is 14.8 Å². The molecule has 2 N–H and O–H groups in total. The van der Waals surface area contributed by atoms with Gasteiger partial charge in [0.05, 0.1) is 19.4 Å². The monoisotopic (exact) mass is 401 g/mol. The number of nitrogens with zero attached hydrogens (tertiary/aromatic N) is 1. The van der Waals surface area contributed by atoms with Gasteiger partial charge >= 0.3 is 6.09 Å². The van der Waals surface area contributed by atoms with E-state index in [0.29, 0.717) is 11.6 Å². The van der Waals surface area contributed by atoms with E-state index in [-0.39, 0.29) is 0 Å². The van der Waals surface area contributed by atoms with Crippen molar-refractivity contribution in [3.8, 4) is 5.75 Å². The topological polar surface area (TPSA) is 72.0 Å². The van der Waals surface area contributed by atoms with Crippen LogP contribution in [0, 0.1) is 0 Å². The molecule has 0 radical (unpaired) electrons. The Morgan fingerprint density at radius 2 is 1.93 bits per heavy atom. The van der Waals surface area contributed by atoms with Crippen LogP contribution in [0.4, 0.5) is 10.5 Å². The van der Waals surface area contributed by atoms with Crippen LogP contribution in [-0.2, 0) is 4.74 Å². The molecule has 7 heteroatoms. The third-order valence-electron chi connectivity index (χ3n) is 4.05. The number of rotatable bonds is 3.